The van der Waals surface area contributed by atoms with E-state index in [4.69, 9.17) is 14.5 Å². The maximum absolute atomic E-state index is 13.1. The van der Waals surface area contributed by atoms with Crippen LogP contribution in [0.3, 0.4) is 0 Å². The standard InChI is InChI=1S/C28H26F3N7O2/c1-38-13-21(28(29,30)31)36-25(38)18-5-3-16(4-6-18)14-40-26-20(19-9-10-32-11-19)12-33-24(37-26)22-23(17-7-8-17)34-15-35-27(22)39-2/h3-6,9,12-13,15,17,32H,7-8,10-11,14H2,1-2H3. The maximum Gasteiger partial charge on any atom is 0.434 e. The number of aryl methyl sites for hydroxylation is 1. The number of nitrogens with zero attached hydrogens (tertiary/aromatic N) is 6. The van der Waals surface area contributed by atoms with Crippen molar-refractivity contribution in [1.29, 1.82) is 0 Å². The lowest BCUT2D eigenvalue weighted by Gasteiger charge is -2.15. The Morgan fingerprint density at radius 1 is 1.05 bits per heavy atom. The van der Waals surface area contributed by atoms with Gasteiger partial charge < -0.3 is 19.4 Å². The van der Waals surface area contributed by atoms with Gasteiger partial charge in [-0.1, -0.05) is 30.3 Å². The molecule has 0 radical (unpaired) electrons. The normalized spacial score (nSPS) is 15.3. The fourth-order valence-electron chi connectivity index (χ4n) is 4.68. The Bertz CT molecular complexity index is 1580. The number of halogens is 3. The van der Waals surface area contributed by atoms with Crippen molar-refractivity contribution in [1.82, 2.24) is 34.8 Å². The van der Waals surface area contributed by atoms with Crippen molar-refractivity contribution in [3.05, 3.63) is 71.6 Å². The zero-order valence-electron chi connectivity index (χ0n) is 21.9. The minimum absolute atomic E-state index is 0.191. The highest BCUT2D eigenvalue weighted by molar-refractivity contribution is 5.74. The summed E-state index contributed by atoms with van der Waals surface area (Å²) in [6.45, 7) is 1.60. The van der Waals surface area contributed by atoms with E-state index in [-0.39, 0.29) is 12.4 Å². The smallest absolute Gasteiger partial charge is 0.434 e. The van der Waals surface area contributed by atoms with Gasteiger partial charge in [0.05, 0.1) is 18.4 Å². The lowest BCUT2D eigenvalue weighted by molar-refractivity contribution is -0.140. The van der Waals surface area contributed by atoms with Gasteiger partial charge in [-0.2, -0.15) is 18.2 Å². The average molecular weight is 550 g/mol. The molecule has 1 aliphatic carbocycles. The fraction of sp³-hybridized carbons (Fsp3) is 0.321. The third-order valence-corrected chi connectivity index (χ3v) is 6.89. The number of benzene rings is 1. The molecule has 12 heteroatoms. The Balaban J connectivity index is 1.29. The fourth-order valence-corrected chi connectivity index (χ4v) is 4.68. The van der Waals surface area contributed by atoms with E-state index < -0.39 is 11.9 Å². The summed E-state index contributed by atoms with van der Waals surface area (Å²) in [5.41, 5.74) is 3.81. The van der Waals surface area contributed by atoms with Crippen LogP contribution in [-0.2, 0) is 19.8 Å². The quantitative estimate of drug-likeness (QED) is 0.335. The molecule has 0 amide bonds. The second kappa shape index (κ2) is 10.3. The summed E-state index contributed by atoms with van der Waals surface area (Å²) in [5, 5.41) is 3.28. The van der Waals surface area contributed by atoms with Gasteiger partial charge in [0, 0.05) is 44.0 Å². The molecule has 4 heterocycles. The molecule has 1 N–H and O–H groups in total. The minimum atomic E-state index is -4.50. The molecule has 1 aromatic carbocycles. The molecular weight excluding hydrogens is 523 g/mol. The Morgan fingerprint density at radius 3 is 2.50 bits per heavy atom. The molecule has 0 unspecified atom stereocenters. The van der Waals surface area contributed by atoms with E-state index in [0.29, 0.717) is 41.2 Å². The highest BCUT2D eigenvalue weighted by Crippen LogP contribution is 2.45. The first-order valence-corrected chi connectivity index (χ1v) is 12.8. The number of hydrogen-bond acceptors (Lipinski definition) is 8. The number of methoxy groups -OCH3 is 1. The van der Waals surface area contributed by atoms with Crippen LogP contribution >= 0.6 is 0 Å². The summed E-state index contributed by atoms with van der Waals surface area (Å²) in [7, 11) is 3.10. The predicted molar refractivity (Wildman–Crippen MR) is 140 cm³/mol. The third kappa shape index (κ3) is 5.14. The number of nitrogens with one attached hydrogen (secondary N) is 1. The second-order valence-electron chi connectivity index (χ2n) is 9.73. The number of aromatic nitrogens is 6. The summed E-state index contributed by atoms with van der Waals surface area (Å²) in [5.74, 6) is 1.81. The van der Waals surface area contributed by atoms with Crippen molar-refractivity contribution in [3.63, 3.8) is 0 Å². The van der Waals surface area contributed by atoms with Crippen LogP contribution in [0.5, 0.6) is 11.8 Å². The molecule has 2 aliphatic rings. The van der Waals surface area contributed by atoms with Gasteiger partial charge in [-0.15, -0.1) is 0 Å². The van der Waals surface area contributed by atoms with Crippen molar-refractivity contribution in [2.45, 2.75) is 31.5 Å². The van der Waals surface area contributed by atoms with Crippen LogP contribution in [0.2, 0.25) is 0 Å². The van der Waals surface area contributed by atoms with Crippen LogP contribution in [0.25, 0.3) is 28.3 Å². The van der Waals surface area contributed by atoms with Crippen molar-refractivity contribution < 1.29 is 22.6 Å². The summed E-state index contributed by atoms with van der Waals surface area (Å²) >= 11 is 0. The van der Waals surface area contributed by atoms with Gasteiger partial charge in [-0.05, 0) is 24.0 Å². The molecule has 9 nitrogen and oxygen atoms in total. The van der Waals surface area contributed by atoms with Gasteiger partial charge in [-0.3, -0.25) is 0 Å². The molecule has 206 valence electrons. The van der Waals surface area contributed by atoms with Gasteiger partial charge in [0.25, 0.3) is 0 Å². The Hall–Kier alpha value is -4.32. The van der Waals surface area contributed by atoms with Gasteiger partial charge in [0.2, 0.25) is 11.8 Å². The van der Waals surface area contributed by atoms with E-state index >= 15 is 0 Å². The largest absolute Gasteiger partial charge is 0.480 e. The van der Waals surface area contributed by atoms with Crippen molar-refractivity contribution >= 4 is 5.57 Å². The molecule has 3 aromatic heterocycles. The second-order valence-corrected chi connectivity index (χ2v) is 9.73. The summed E-state index contributed by atoms with van der Waals surface area (Å²) < 4.78 is 52.4. The summed E-state index contributed by atoms with van der Waals surface area (Å²) in [4.78, 5) is 22.0. The number of imidazole rings is 1. The van der Waals surface area contributed by atoms with E-state index in [1.807, 2.05) is 0 Å². The van der Waals surface area contributed by atoms with Crippen molar-refractivity contribution in [2.24, 2.45) is 7.05 Å². The SMILES string of the molecule is COc1ncnc(C2CC2)c1-c1ncc(C2=CCNC2)c(OCc2ccc(-c3nc(C(F)(F)F)cn3C)cc2)n1. The highest BCUT2D eigenvalue weighted by atomic mass is 19.4. The van der Waals surface area contributed by atoms with E-state index in [9.17, 15) is 13.2 Å². The molecule has 1 saturated carbocycles. The molecule has 0 spiro atoms. The molecule has 4 aromatic rings. The van der Waals surface area contributed by atoms with Gasteiger partial charge in [0.1, 0.15) is 24.3 Å². The molecule has 0 saturated heterocycles. The molecule has 6 rings (SSSR count). The molecular formula is C28H26F3N7O2. The van der Waals surface area contributed by atoms with Crippen LogP contribution < -0.4 is 14.8 Å². The first-order chi connectivity index (χ1) is 19.3. The summed E-state index contributed by atoms with van der Waals surface area (Å²) in [6, 6.07) is 7.05. The predicted octanol–water partition coefficient (Wildman–Crippen LogP) is 4.80. The molecule has 1 fully saturated rings. The lowest BCUT2D eigenvalue weighted by Crippen LogP contribution is -2.10. The minimum Gasteiger partial charge on any atom is -0.480 e. The number of ether oxygens (including phenoxy) is 2. The zero-order chi connectivity index (χ0) is 27.9. The molecule has 40 heavy (non-hydrogen) atoms. The first kappa shape index (κ1) is 25.9. The van der Waals surface area contributed by atoms with Gasteiger partial charge >= 0.3 is 6.18 Å². The summed E-state index contributed by atoms with van der Waals surface area (Å²) in [6.07, 6.45) is 3.88. The average Bonchev–Trinajstić information content (AvgIpc) is 3.50. The van der Waals surface area contributed by atoms with Gasteiger partial charge in [0.15, 0.2) is 11.5 Å². The molecule has 1 aliphatic heterocycles. The van der Waals surface area contributed by atoms with Crippen LogP contribution in [0.15, 0.2) is 49.1 Å². The molecule has 0 atom stereocenters. The Morgan fingerprint density at radius 2 is 1.85 bits per heavy atom. The van der Waals surface area contributed by atoms with Gasteiger partial charge in [-0.25, -0.2) is 19.9 Å². The maximum atomic E-state index is 13.1. The molecule has 0 bridgehead atoms. The topological polar surface area (TPSA) is 99.9 Å². The number of hydrogen-bond donors (Lipinski definition) is 1. The Kier molecular flexibility index (Phi) is 6.70. The third-order valence-electron chi connectivity index (χ3n) is 6.89. The monoisotopic (exact) mass is 549 g/mol. The van der Waals surface area contributed by atoms with Crippen LogP contribution in [-0.4, -0.2) is 49.7 Å². The lowest BCUT2D eigenvalue weighted by atomic mass is 10.1. The van der Waals surface area contributed by atoms with E-state index in [1.54, 1.807) is 37.6 Å². The van der Waals surface area contributed by atoms with Crippen LogP contribution in [0.1, 0.15) is 41.3 Å². The number of rotatable bonds is 8. The van der Waals surface area contributed by atoms with Crippen molar-refractivity contribution in [2.75, 3.05) is 20.2 Å². The zero-order valence-corrected chi connectivity index (χ0v) is 21.9. The van der Waals surface area contributed by atoms with Crippen LogP contribution in [0.4, 0.5) is 13.2 Å². The van der Waals surface area contributed by atoms with E-state index in [0.717, 1.165) is 48.0 Å². The first-order valence-electron chi connectivity index (χ1n) is 12.8. The number of alkyl halides is 3. The highest BCUT2D eigenvalue weighted by Gasteiger charge is 2.35. The Labute approximate surface area is 228 Å². The van der Waals surface area contributed by atoms with Crippen molar-refractivity contribution in [3.8, 4) is 34.5 Å². The van der Waals surface area contributed by atoms with Crippen LogP contribution in [0, 0.1) is 0 Å². The van der Waals surface area contributed by atoms with E-state index in [2.05, 4.69) is 31.3 Å². The van der Waals surface area contributed by atoms with E-state index in [1.165, 1.54) is 17.9 Å².